The number of anilines is 1. The summed E-state index contributed by atoms with van der Waals surface area (Å²) < 4.78 is 0. The Kier molecular flexibility index (Phi) is 3.78. The van der Waals surface area contributed by atoms with Gasteiger partial charge in [0, 0.05) is 26.0 Å². The van der Waals surface area contributed by atoms with Crippen LogP contribution in [0.25, 0.3) is 0 Å². The second kappa shape index (κ2) is 5.50. The molecule has 0 aliphatic rings. The van der Waals surface area contributed by atoms with Gasteiger partial charge >= 0.3 is 0 Å². The average Bonchev–Trinajstić information content (AvgIpc) is 2.40. The minimum absolute atomic E-state index is 0.255. The Labute approximate surface area is 111 Å². The molecule has 6 heteroatoms. The Morgan fingerprint density at radius 2 is 2.00 bits per heavy atom. The lowest BCUT2D eigenvalue weighted by Crippen LogP contribution is -2.19. The topological polar surface area (TPSA) is 67.9 Å². The summed E-state index contributed by atoms with van der Waals surface area (Å²) in [5, 5.41) is 0. The first kappa shape index (κ1) is 12.4. The molecule has 2 heterocycles. The van der Waals surface area contributed by atoms with E-state index >= 15 is 0 Å². The highest BCUT2D eigenvalue weighted by molar-refractivity contribution is 7.80. The third-order valence-electron chi connectivity index (χ3n) is 2.45. The van der Waals surface area contributed by atoms with Crippen molar-refractivity contribution in [2.75, 3.05) is 11.9 Å². The zero-order valence-electron chi connectivity index (χ0n) is 9.95. The molecule has 0 aliphatic carbocycles. The van der Waals surface area contributed by atoms with Crippen LogP contribution in [0, 0.1) is 0 Å². The second-order valence-electron chi connectivity index (χ2n) is 3.84. The van der Waals surface area contributed by atoms with E-state index in [9.17, 15) is 0 Å². The lowest BCUT2D eigenvalue weighted by molar-refractivity contribution is 0.886. The second-order valence-corrected chi connectivity index (χ2v) is 4.28. The number of nitrogens with two attached hydrogens (primary N) is 1. The minimum atomic E-state index is 0.255. The molecule has 2 rings (SSSR count). The van der Waals surface area contributed by atoms with Crippen LogP contribution in [0.1, 0.15) is 11.3 Å². The predicted molar refractivity (Wildman–Crippen MR) is 74.3 cm³/mol. The summed E-state index contributed by atoms with van der Waals surface area (Å²) >= 11 is 4.83. The van der Waals surface area contributed by atoms with E-state index in [4.69, 9.17) is 18.0 Å². The number of rotatable bonds is 4. The Morgan fingerprint density at radius 3 is 2.56 bits per heavy atom. The summed E-state index contributed by atoms with van der Waals surface area (Å²) in [6.45, 7) is 0.740. The first-order valence-corrected chi connectivity index (χ1v) is 5.79. The van der Waals surface area contributed by atoms with Crippen LogP contribution in [-0.4, -0.2) is 27.0 Å². The highest BCUT2D eigenvalue weighted by Gasteiger charge is 2.05. The van der Waals surface area contributed by atoms with Crippen molar-refractivity contribution >= 4 is 23.0 Å². The lowest BCUT2D eigenvalue weighted by atomic mass is 10.2. The molecule has 18 heavy (non-hydrogen) atoms. The monoisotopic (exact) mass is 259 g/mol. The van der Waals surface area contributed by atoms with Gasteiger partial charge in [0.2, 0.25) is 0 Å². The van der Waals surface area contributed by atoms with Crippen LogP contribution in [0.4, 0.5) is 5.82 Å². The first-order chi connectivity index (χ1) is 8.66. The first-order valence-electron chi connectivity index (χ1n) is 5.38. The van der Waals surface area contributed by atoms with Crippen LogP contribution < -0.4 is 10.6 Å². The van der Waals surface area contributed by atoms with E-state index in [0.717, 1.165) is 17.9 Å². The maximum Gasteiger partial charge on any atom is 0.147 e. The molecule has 0 amide bonds. The number of thiocarbonyl (C=S) groups is 1. The van der Waals surface area contributed by atoms with Gasteiger partial charge in [0.05, 0.1) is 12.4 Å². The molecule has 0 aliphatic heterocycles. The third-order valence-corrected chi connectivity index (χ3v) is 2.66. The molecule has 0 fully saturated rings. The highest BCUT2D eigenvalue weighted by atomic mass is 32.1. The van der Waals surface area contributed by atoms with Gasteiger partial charge in [-0.15, -0.1) is 0 Å². The standard InChI is InChI=1S/C12H13N5S/c1-17(8-9-2-4-14-5-3-9)11-7-15-10(6-16-11)12(13)18/h2-7H,8H2,1H3,(H2,13,18). The largest absolute Gasteiger partial charge is 0.388 e. The van der Waals surface area contributed by atoms with Gasteiger partial charge in [-0.3, -0.25) is 4.98 Å². The normalized spacial score (nSPS) is 10.1. The van der Waals surface area contributed by atoms with E-state index in [1.165, 1.54) is 0 Å². The van der Waals surface area contributed by atoms with Crippen LogP contribution in [0.2, 0.25) is 0 Å². The van der Waals surface area contributed by atoms with Gasteiger partial charge in [0.25, 0.3) is 0 Å². The zero-order chi connectivity index (χ0) is 13.0. The maximum absolute atomic E-state index is 5.47. The molecule has 0 aromatic carbocycles. The van der Waals surface area contributed by atoms with E-state index < -0.39 is 0 Å². The molecule has 5 nitrogen and oxygen atoms in total. The highest BCUT2D eigenvalue weighted by Crippen LogP contribution is 2.10. The van der Waals surface area contributed by atoms with Crippen LogP contribution in [-0.2, 0) is 6.54 Å². The number of hydrogen-bond donors (Lipinski definition) is 1. The van der Waals surface area contributed by atoms with Crippen LogP contribution in [0.15, 0.2) is 36.9 Å². The zero-order valence-corrected chi connectivity index (χ0v) is 10.8. The number of aromatic nitrogens is 3. The summed E-state index contributed by atoms with van der Waals surface area (Å²) in [4.78, 5) is 14.7. The predicted octanol–water partition coefficient (Wildman–Crippen LogP) is 1.14. The molecule has 2 N–H and O–H groups in total. The van der Waals surface area contributed by atoms with Gasteiger partial charge in [-0.2, -0.15) is 0 Å². The number of nitrogens with zero attached hydrogens (tertiary/aromatic N) is 4. The van der Waals surface area contributed by atoms with Crippen molar-refractivity contribution in [3.63, 3.8) is 0 Å². The average molecular weight is 259 g/mol. The van der Waals surface area contributed by atoms with Crippen molar-refractivity contribution in [1.82, 2.24) is 15.0 Å². The van der Waals surface area contributed by atoms with E-state index in [0.29, 0.717) is 5.69 Å². The molecular weight excluding hydrogens is 246 g/mol. The molecule has 2 aromatic rings. The summed E-state index contributed by atoms with van der Waals surface area (Å²) in [6, 6.07) is 3.93. The Bertz CT molecular complexity index is 526. The lowest BCUT2D eigenvalue weighted by Gasteiger charge is -2.17. The van der Waals surface area contributed by atoms with Crippen molar-refractivity contribution < 1.29 is 0 Å². The smallest absolute Gasteiger partial charge is 0.147 e. The fraction of sp³-hybridized carbons (Fsp3) is 0.167. The summed E-state index contributed by atoms with van der Waals surface area (Å²) in [5.74, 6) is 0.770. The van der Waals surface area contributed by atoms with Crippen molar-refractivity contribution in [1.29, 1.82) is 0 Å². The maximum atomic E-state index is 5.47. The third kappa shape index (κ3) is 2.98. The SMILES string of the molecule is CN(Cc1ccncc1)c1cnc(C(N)=S)cn1. The molecular formula is C12H13N5S. The molecule has 0 bridgehead atoms. The fourth-order valence-electron chi connectivity index (χ4n) is 1.49. The Hall–Kier alpha value is -2.08. The Morgan fingerprint density at radius 1 is 1.28 bits per heavy atom. The molecule has 0 unspecified atom stereocenters. The fourth-order valence-corrected chi connectivity index (χ4v) is 1.59. The Balaban J connectivity index is 2.09. The summed E-state index contributed by atoms with van der Waals surface area (Å²) in [7, 11) is 1.95. The van der Waals surface area contributed by atoms with Gasteiger partial charge in [0.1, 0.15) is 16.5 Å². The van der Waals surface area contributed by atoms with Crippen molar-refractivity contribution in [2.45, 2.75) is 6.54 Å². The molecule has 0 spiro atoms. The van der Waals surface area contributed by atoms with Crippen LogP contribution >= 0.6 is 12.2 Å². The van der Waals surface area contributed by atoms with E-state index in [1.807, 2.05) is 24.1 Å². The van der Waals surface area contributed by atoms with Crippen molar-refractivity contribution in [2.24, 2.45) is 5.73 Å². The van der Waals surface area contributed by atoms with Crippen molar-refractivity contribution in [3.8, 4) is 0 Å². The molecule has 0 radical (unpaired) electrons. The van der Waals surface area contributed by atoms with Crippen molar-refractivity contribution in [3.05, 3.63) is 48.2 Å². The van der Waals surface area contributed by atoms with Gasteiger partial charge in [-0.25, -0.2) is 9.97 Å². The van der Waals surface area contributed by atoms with E-state index in [2.05, 4.69) is 15.0 Å². The van der Waals surface area contributed by atoms with Crippen LogP contribution in [0.3, 0.4) is 0 Å². The molecule has 0 saturated heterocycles. The summed E-state index contributed by atoms with van der Waals surface area (Å²) in [5.41, 5.74) is 7.17. The number of pyridine rings is 1. The van der Waals surface area contributed by atoms with Crippen LogP contribution in [0.5, 0.6) is 0 Å². The molecule has 0 atom stereocenters. The summed E-state index contributed by atoms with van der Waals surface area (Å²) in [6.07, 6.45) is 6.78. The van der Waals surface area contributed by atoms with E-state index in [1.54, 1.807) is 24.8 Å². The van der Waals surface area contributed by atoms with Gasteiger partial charge in [-0.1, -0.05) is 12.2 Å². The van der Waals surface area contributed by atoms with E-state index in [-0.39, 0.29) is 4.99 Å². The minimum Gasteiger partial charge on any atom is -0.388 e. The molecule has 92 valence electrons. The molecule has 0 saturated carbocycles. The quantitative estimate of drug-likeness (QED) is 0.831. The number of hydrogen-bond acceptors (Lipinski definition) is 5. The van der Waals surface area contributed by atoms with Gasteiger partial charge < -0.3 is 10.6 Å². The molecule has 2 aromatic heterocycles. The van der Waals surface area contributed by atoms with Gasteiger partial charge in [0.15, 0.2) is 0 Å². The van der Waals surface area contributed by atoms with Gasteiger partial charge in [-0.05, 0) is 17.7 Å².